The van der Waals surface area contributed by atoms with Crippen LogP contribution in [0.25, 0.3) is 0 Å². The topological polar surface area (TPSA) is 32.5 Å². The lowest BCUT2D eigenvalue weighted by Crippen LogP contribution is -2.62. The van der Waals surface area contributed by atoms with Gasteiger partial charge in [0, 0.05) is 24.2 Å². The van der Waals surface area contributed by atoms with E-state index >= 15 is 0 Å². The van der Waals surface area contributed by atoms with Gasteiger partial charge in [-0.05, 0) is 71.0 Å². The summed E-state index contributed by atoms with van der Waals surface area (Å²) in [7, 11) is 2.33. The van der Waals surface area contributed by atoms with Gasteiger partial charge in [-0.15, -0.1) is 0 Å². The van der Waals surface area contributed by atoms with Crippen LogP contribution >= 0.6 is 0 Å². The Morgan fingerprint density at radius 3 is 2.37 bits per heavy atom. The molecule has 0 aromatic carbocycles. The van der Waals surface area contributed by atoms with Gasteiger partial charge in [0.05, 0.1) is 0 Å². The van der Waals surface area contributed by atoms with E-state index in [0.29, 0.717) is 5.54 Å². The van der Waals surface area contributed by atoms with Crippen LogP contribution in [-0.2, 0) is 0 Å². The quantitative estimate of drug-likeness (QED) is 0.829. The van der Waals surface area contributed by atoms with Crippen molar-refractivity contribution in [2.24, 2.45) is 11.7 Å². The van der Waals surface area contributed by atoms with Gasteiger partial charge in [0.25, 0.3) is 0 Å². The Morgan fingerprint density at radius 1 is 1.05 bits per heavy atom. The minimum absolute atomic E-state index is 0.322. The van der Waals surface area contributed by atoms with Crippen molar-refractivity contribution >= 4 is 0 Å². The van der Waals surface area contributed by atoms with Gasteiger partial charge < -0.3 is 10.6 Å². The summed E-state index contributed by atoms with van der Waals surface area (Å²) < 4.78 is 0. The molecule has 3 saturated heterocycles. The van der Waals surface area contributed by atoms with Crippen molar-refractivity contribution in [2.75, 3.05) is 26.7 Å². The van der Waals surface area contributed by atoms with E-state index in [9.17, 15) is 0 Å². The molecule has 3 atom stereocenters. The number of likely N-dealkylation sites (tertiary alicyclic amines) is 1. The predicted octanol–water partition coefficient (Wildman–Crippen LogP) is 2.06. The van der Waals surface area contributed by atoms with Gasteiger partial charge in [0.15, 0.2) is 0 Å². The second-order valence-corrected chi connectivity index (χ2v) is 7.41. The standard InChI is InChI=1S/C16H31N3/c1-13-4-3-8-19(9-7-13)16(12-17)10-14-5-6-15(11-16)18(14)2/h13-15H,3-12,17H2,1-2H3. The van der Waals surface area contributed by atoms with Crippen LogP contribution in [0.1, 0.15) is 51.9 Å². The monoisotopic (exact) mass is 265 g/mol. The number of nitrogens with zero attached hydrogens (tertiary/aromatic N) is 2. The number of nitrogens with two attached hydrogens (primary N) is 1. The molecule has 2 N–H and O–H groups in total. The lowest BCUT2D eigenvalue weighted by molar-refractivity contribution is 0.00229. The average Bonchev–Trinajstić information content (AvgIpc) is 2.65. The van der Waals surface area contributed by atoms with Crippen LogP contribution in [0.2, 0.25) is 0 Å². The van der Waals surface area contributed by atoms with E-state index in [1.54, 1.807) is 0 Å². The van der Waals surface area contributed by atoms with E-state index in [2.05, 4.69) is 23.8 Å². The molecule has 3 aliphatic heterocycles. The number of piperidine rings is 1. The van der Waals surface area contributed by atoms with Crippen LogP contribution in [0.5, 0.6) is 0 Å². The zero-order chi connectivity index (χ0) is 13.5. The number of hydrogen-bond donors (Lipinski definition) is 1. The molecule has 0 saturated carbocycles. The maximum absolute atomic E-state index is 6.29. The average molecular weight is 265 g/mol. The van der Waals surface area contributed by atoms with E-state index in [0.717, 1.165) is 24.5 Å². The summed E-state index contributed by atoms with van der Waals surface area (Å²) in [5.41, 5.74) is 6.61. The van der Waals surface area contributed by atoms with Gasteiger partial charge in [-0.3, -0.25) is 4.90 Å². The van der Waals surface area contributed by atoms with E-state index in [1.165, 1.54) is 58.0 Å². The maximum atomic E-state index is 6.29. The highest BCUT2D eigenvalue weighted by molar-refractivity contribution is 5.06. The van der Waals surface area contributed by atoms with Crippen molar-refractivity contribution < 1.29 is 0 Å². The number of hydrogen-bond acceptors (Lipinski definition) is 3. The summed E-state index contributed by atoms with van der Waals surface area (Å²) in [4.78, 5) is 5.42. The highest BCUT2D eigenvalue weighted by Gasteiger charge is 2.48. The summed E-state index contributed by atoms with van der Waals surface area (Å²) in [6, 6.07) is 1.59. The molecule has 0 aliphatic carbocycles. The summed E-state index contributed by atoms with van der Waals surface area (Å²) in [5, 5.41) is 0. The highest BCUT2D eigenvalue weighted by Crippen LogP contribution is 2.43. The van der Waals surface area contributed by atoms with Gasteiger partial charge in [0.1, 0.15) is 0 Å². The van der Waals surface area contributed by atoms with Crippen molar-refractivity contribution in [2.45, 2.75) is 69.5 Å². The third-order valence-electron chi connectivity index (χ3n) is 6.28. The summed E-state index contributed by atoms with van der Waals surface area (Å²) in [6.45, 7) is 5.84. The molecule has 3 heterocycles. The van der Waals surface area contributed by atoms with Crippen LogP contribution in [-0.4, -0.2) is 54.1 Å². The predicted molar refractivity (Wildman–Crippen MR) is 80.2 cm³/mol. The molecule has 3 unspecified atom stereocenters. The third kappa shape index (κ3) is 2.45. The Bertz CT molecular complexity index is 303. The molecule has 3 fully saturated rings. The lowest BCUT2D eigenvalue weighted by atomic mass is 9.81. The van der Waals surface area contributed by atoms with Crippen molar-refractivity contribution in [3.63, 3.8) is 0 Å². The molecule has 0 aromatic rings. The molecule has 0 spiro atoms. The Kier molecular flexibility index (Phi) is 3.89. The lowest BCUT2D eigenvalue weighted by Gasteiger charge is -2.51. The first-order chi connectivity index (χ1) is 9.14. The second-order valence-electron chi connectivity index (χ2n) is 7.41. The third-order valence-corrected chi connectivity index (χ3v) is 6.28. The fraction of sp³-hybridized carbons (Fsp3) is 1.00. The Morgan fingerprint density at radius 2 is 1.74 bits per heavy atom. The molecule has 2 bridgehead atoms. The fourth-order valence-corrected chi connectivity index (χ4v) is 4.83. The summed E-state index contributed by atoms with van der Waals surface area (Å²) in [5.74, 6) is 0.905. The molecular formula is C16H31N3. The molecule has 0 amide bonds. The Hall–Kier alpha value is -0.120. The van der Waals surface area contributed by atoms with Gasteiger partial charge in [-0.25, -0.2) is 0 Å². The van der Waals surface area contributed by atoms with Gasteiger partial charge in [0.2, 0.25) is 0 Å². The first kappa shape index (κ1) is 13.8. The van der Waals surface area contributed by atoms with Gasteiger partial charge >= 0.3 is 0 Å². The Labute approximate surface area is 118 Å². The zero-order valence-corrected chi connectivity index (χ0v) is 12.8. The summed E-state index contributed by atoms with van der Waals surface area (Å²) in [6.07, 6.45) is 9.56. The molecule has 0 radical (unpaired) electrons. The van der Waals surface area contributed by atoms with Crippen molar-refractivity contribution in [3.05, 3.63) is 0 Å². The van der Waals surface area contributed by atoms with Crippen molar-refractivity contribution in [1.29, 1.82) is 0 Å². The fourth-order valence-electron chi connectivity index (χ4n) is 4.83. The minimum atomic E-state index is 0.322. The molecule has 110 valence electrons. The summed E-state index contributed by atoms with van der Waals surface area (Å²) >= 11 is 0. The normalized spacial score (nSPS) is 45.3. The van der Waals surface area contributed by atoms with Crippen LogP contribution in [0.15, 0.2) is 0 Å². The van der Waals surface area contributed by atoms with Crippen LogP contribution in [0, 0.1) is 5.92 Å². The molecular weight excluding hydrogens is 234 g/mol. The SMILES string of the molecule is CC1CCCN(C2(CN)CC3CCC(C2)N3C)CC1. The van der Waals surface area contributed by atoms with E-state index in [-0.39, 0.29) is 0 Å². The first-order valence-electron chi connectivity index (χ1n) is 8.32. The zero-order valence-electron chi connectivity index (χ0n) is 12.8. The van der Waals surface area contributed by atoms with Crippen molar-refractivity contribution in [1.82, 2.24) is 9.80 Å². The molecule has 0 aromatic heterocycles. The van der Waals surface area contributed by atoms with Gasteiger partial charge in [-0.2, -0.15) is 0 Å². The number of fused-ring (bicyclic) bond motifs is 2. The van der Waals surface area contributed by atoms with Crippen LogP contribution in [0.4, 0.5) is 0 Å². The van der Waals surface area contributed by atoms with Gasteiger partial charge in [-0.1, -0.05) is 6.92 Å². The van der Waals surface area contributed by atoms with E-state index in [1.807, 2.05) is 0 Å². The van der Waals surface area contributed by atoms with E-state index < -0.39 is 0 Å². The van der Waals surface area contributed by atoms with Crippen molar-refractivity contribution in [3.8, 4) is 0 Å². The molecule has 3 heteroatoms. The van der Waals surface area contributed by atoms with Crippen LogP contribution in [0.3, 0.4) is 0 Å². The molecule has 3 aliphatic rings. The number of rotatable bonds is 2. The largest absolute Gasteiger partial charge is 0.329 e. The van der Waals surface area contributed by atoms with Crippen LogP contribution < -0.4 is 5.73 Å². The second kappa shape index (κ2) is 5.34. The smallest absolute Gasteiger partial charge is 0.0361 e. The highest BCUT2D eigenvalue weighted by atomic mass is 15.3. The minimum Gasteiger partial charge on any atom is -0.329 e. The van der Waals surface area contributed by atoms with E-state index in [4.69, 9.17) is 5.73 Å². The maximum Gasteiger partial charge on any atom is 0.0361 e. The molecule has 19 heavy (non-hydrogen) atoms. The Balaban J connectivity index is 1.76. The molecule has 3 rings (SSSR count). The first-order valence-corrected chi connectivity index (χ1v) is 8.32. The molecule has 3 nitrogen and oxygen atoms in total.